The summed E-state index contributed by atoms with van der Waals surface area (Å²) in [7, 11) is 1.66. The minimum Gasteiger partial charge on any atom is -0.497 e. The van der Waals surface area contributed by atoms with Crippen LogP contribution in [0.2, 0.25) is 0 Å². The number of hydrogen-bond acceptors (Lipinski definition) is 6. The molecule has 5 aromatic rings. The van der Waals surface area contributed by atoms with E-state index in [1.807, 2.05) is 65.3 Å². The van der Waals surface area contributed by atoms with Crippen molar-refractivity contribution in [1.29, 1.82) is 0 Å². The van der Waals surface area contributed by atoms with Crippen molar-refractivity contribution < 1.29 is 4.74 Å². The quantitative estimate of drug-likeness (QED) is 0.312. The van der Waals surface area contributed by atoms with Gasteiger partial charge in [0.05, 0.1) is 13.7 Å². The lowest BCUT2D eigenvalue weighted by Gasteiger charge is -2.22. The van der Waals surface area contributed by atoms with E-state index in [9.17, 15) is 4.79 Å². The van der Waals surface area contributed by atoms with Gasteiger partial charge in [0.1, 0.15) is 5.75 Å². The van der Waals surface area contributed by atoms with Crippen molar-refractivity contribution in [3.63, 3.8) is 0 Å². The molecule has 188 valence electrons. The predicted octanol–water partition coefficient (Wildman–Crippen LogP) is 4.28. The predicted molar refractivity (Wildman–Crippen MR) is 143 cm³/mol. The molecule has 37 heavy (non-hydrogen) atoms. The Bertz CT molecular complexity index is 1530. The zero-order chi connectivity index (χ0) is 25.6. The van der Waals surface area contributed by atoms with E-state index in [1.165, 1.54) is 5.56 Å². The van der Waals surface area contributed by atoms with E-state index < -0.39 is 0 Å². The standard InChI is InChI=1S/C29H30N6O2/c1-21-8-13-27-24(16-21)17-25(29(36)30-27)19-34(18-23-9-11-26(37-2)12-10-23)20-28-31-32-33-35(28)15-14-22-6-4-3-5-7-22/h3-13,16-17H,14-15,18-20H2,1-2H3,(H,30,36). The van der Waals surface area contributed by atoms with Crippen LogP contribution in [0, 0.1) is 6.92 Å². The Morgan fingerprint density at radius 2 is 1.73 bits per heavy atom. The SMILES string of the molecule is COc1ccc(CN(Cc2cc3cc(C)ccc3[nH]c2=O)Cc2nnnn2CCc2ccccc2)cc1. The fraction of sp³-hybridized carbons (Fsp3) is 0.241. The third-order valence-electron chi connectivity index (χ3n) is 6.46. The summed E-state index contributed by atoms with van der Waals surface area (Å²) >= 11 is 0. The number of benzene rings is 3. The van der Waals surface area contributed by atoms with Gasteiger partial charge in [-0.1, -0.05) is 54.1 Å². The van der Waals surface area contributed by atoms with Gasteiger partial charge < -0.3 is 9.72 Å². The summed E-state index contributed by atoms with van der Waals surface area (Å²) in [6, 6.07) is 26.3. The fourth-order valence-electron chi connectivity index (χ4n) is 4.48. The zero-order valence-electron chi connectivity index (χ0n) is 21.1. The average molecular weight is 495 g/mol. The number of fused-ring (bicyclic) bond motifs is 1. The van der Waals surface area contributed by atoms with E-state index in [-0.39, 0.29) is 5.56 Å². The van der Waals surface area contributed by atoms with E-state index in [0.717, 1.165) is 40.0 Å². The van der Waals surface area contributed by atoms with Crippen LogP contribution >= 0.6 is 0 Å². The Morgan fingerprint density at radius 3 is 2.51 bits per heavy atom. The minimum absolute atomic E-state index is 0.0836. The van der Waals surface area contributed by atoms with E-state index in [1.54, 1.807) is 7.11 Å². The molecular formula is C29H30N6O2. The molecule has 0 unspecified atom stereocenters. The molecule has 0 bridgehead atoms. The first kappa shape index (κ1) is 24.4. The monoisotopic (exact) mass is 494 g/mol. The number of aromatic nitrogens is 5. The van der Waals surface area contributed by atoms with Crippen molar-refractivity contribution >= 4 is 10.9 Å². The summed E-state index contributed by atoms with van der Waals surface area (Å²) < 4.78 is 7.16. The molecule has 0 amide bonds. The average Bonchev–Trinajstić information content (AvgIpc) is 3.36. The molecule has 0 saturated heterocycles. The topological polar surface area (TPSA) is 88.9 Å². The van der Waals surface area contributed by atoms with E-state index >= 15 is 0 Å². The number of rotatable bonds is 10. The van der Waals surface area contributed by atoms with Crippen molar-refractivity contribution in [1.82, 2.24) is 30.1 Å². The van der Waals surface area contributed by atoms with Gasteiger partial charge in [0.15, 0.2) is 5.82 Å². The summed E-state index contributed by atoms with van der Waals surface area (Å²) in [6.45, 7) is 4.31. The summed E-state index contributed by atoms with van der Waals surface area (Å²) in [5.74, 6) is 1.57. The molecule has 1 N–H and O–H groups in total. The van der Waals surface area contributed by atoms with Crippen molar-refractivity contribution in [3.05, 3.63) is 117 Å². The third kappa shape index (κ3) is 6.10. The number of nitrogens with zero attached hydrogens (tertiary/aromatic N) is 5. The Labute approximate surface area is 215 Å². The summed E-state index contributed by atoms with van der Waals surface area (Å²) in [5.41, 5.74) is 4.95. The van der Waals surface area contributed by atoms with Gasteiger partial charge >= 0.3 is 0 Å². The number of tetrazole rings is 1. The first-order valence-electron chi connectivity index (χ1n) is 12.3. The number of hydrogen-bond donors (Lipinski definition) is 1. The number of H-pyrrole nitrogens is 1. The van der Waals surface area contributed by atoms with Gasteiger partial charge in [0.25, 0.3) is 5.56 Å². The molecule has 3 aromatic carbocycles. The van der Waals surface area contributed by atoms with E-state index in [4.69, 9.17) is 4.74 Å². The van der Waals surface area contributed by atoms with Gasteiger partial charge in [-0.3, -0.25) is 9.69 Å². The maximum Gasteiger partial charge on any atom is 0.252 e. The zero-order valence-corrected chi connectivity index (χ0v) is 21.1. The highest BCUT2D eigenvalue weighted by atomic mass is 16.5. The van der Waals surface area contributed by atoms with Crippen LogP contribution in [-0.4, -0.2) is 37.2 Å². The molecule has 0 aliphatic heterocycles. The van der Waals surface area contributed by atoms with Gasteiger partial charge in [0, 0.05) is 30.7 Å². The van der Waals surface area contributed by atoms with Gasteiger partial charge in [0.2, 0.25) is 0 Å². The molecule has 0 saturated carbocycles. The Balaban J connectivity index is 1.40. The van der Waals surface area contributed by atoms with Crippen LogP contribution in [-0.2, 0) is 32.6 Å². The third-order valence-corrected chi connectivity index (χ3v) is 6.46. The van der Waals surface area contributed by atoms with Crippen LogP contribution in [0.15, 0.2) is 83.7 Å². The molecule has 0 atom stereocenters. The fourth-order valence-corrected chi connectivity index (χ4v) is 4.48. The van der Waals surface area contributed by atoms with Crippen molar-refractivity contribution in [2.75, 3.05) is 7.11 Å². The van der Waals surface area contributed by atoms with Crippen molar-refractivity contribution in [2.24, 2.45) is 0 Å². The van der Waals surface area contributed by atoms with Crippen LogP contribution in [0.3, 0.4) is 0 Å². The van der Waals surface area contributed by atoms with Crippen LogP contribution < -0.4 is 10.3 Å². The van der Waals surface area contributed by atoms with Gasteiger partial charge in [-0.2, -0.15) is 0 Å². The lowest BCUT2D eigenvalue weighted by Crippen LogP contribution is -2.28. The molecule has 2 heterocycles. The molecule has 0 aliphatic rings. The van der Waals surface area contributed by atoms with E-state index in [0.29, 0.717) is 31.7 Å². The van der Waals surface area contributed by atoms with Crippen molar-refractivity contribution in [2.45, 2.75) is 39.5 Å². The first-order valence-corrected chi connectivity index (χ1v) is 12.3. The molecule has 8 heteroatoms. The summed E-state index contributed by atoms with van der Waals surface area (Å²) in [6.07, 6.45) is 0.834. The molecule has 0 aliphatic carbocycles. The normalized spacial score (nSPS) is 11.3. The number of nitrogens with one attached hydrogen (secondary N) is 1. The highest BCUT2D eigenvalue weighted by Gasteiger charge is 2.16. The second kappa shape index (κ2) is 11.2. The summed E-state index contributed by atoms with van der Waals surface area (Å²) in [4.78, 5) is 18.2. The minimum atomic E-state index is -0.0836. The second-order valence-electron chi connectivity index (χ2n) is 9.26. The van der Waals surface area contributed by atoms with Crippen LogP contribution in [0.25, 0.3) is 10.9 Å². The first-order chi connectivity index (χ1) is 18.1. The Kier molecular flexibility index (Phi) is 7.37. The highest BCUT2D eigenvalue weighted by molar-refractivity contribution is 5.79. The Hall–Kier alpha value is -4.30. The Morgan fingerprint density at radius 1 is 0.919 bits per heavy atom. The van der Waals surface area contributed by atoms with Crippen LogP contribution in [0.1, 0.15) is 28.1 Å². The molecule has 8 nitrogen and oxygen atoms in total. The molecule has 0 radical (unpaired) electrons. The number of aromatic amines is 1. The maximum atomic E-state index is 13.0. The molecular weight excluding hydrogens is 464 g/mol. The largest absolute Gasteiger partial charge is 0.497 e. The molecule has 2 aromatic heterocycles. The number of aryl methyl sites for hydroxylation is 3. The second-order valence-corrected chi connectivity index (χ2v) is 9.26. The number of methoxy groups -OCH3 is 1. The number of pyridine rings is 1. The summed E-state index contributed by atoms with van der Waals surface area (Å²) in [5, 5.41) is 13.5. The van der Waals surface area contributed by atoms with Gasteiger partial charge in [-0.15, -0.1) is 5.10 Å². The van der Waals surface area contributed by atoms with E-state index in [2.05, 4.69) is 50.5 Å². The molecule has 0 fully saturated rings. The highest BCUT2D eigenvalue weighted by Crippen LogP contribution is 2.18. The maximum absolute atomic E-state index is 13.0. The lowest BCUT2D eigenvalue weighted by atomic mass is 10.1. The molecule has 0 spiro atoms. The lowest BCUT2D eigenvalue weighted by molar-refractivity contribution is 0.235. The smallest absolute Gasteiger partial charge is 0.252 e. The van der Waals surface area contributed by atoms with Gasteiger partial charge in [-0.25, -0.2) is 4.68 Å². The van der Waals surface area contributed by atoms with Crippen LogP contribution in [0.4, 0.5) is 0 Å². The van der Waals surface area contributed by atoms with Crippen molar-refractivity contribution in [3.8, 4) is 5.75 Å². The van der Waals surface area contributed by atoms with Crippen LogP contribution in [0.5, 0.6) is 5.75 Å². The number of ether oxygens (including phenoxy) is 1. The van der Waals surface area contributed by atoms with Gasteiger partial charge in [-0.05, 0) is 70.6 Å². The molecule has 5 rings (SSSR count).